The van der Waals surface area contributed by atoms with E-state index in [0.29, 0.717) is 16.0 Å². The summed E-state index contributed by atoms with van der Waals surface area (Å²) < 4.78 is 7.39. The Balaban J connectivity index is 1.92. The Morgan fingerprint density at radius 1 is 1.48 bits per heavy atom. The number of hydrogen-bond acceptors (Lipinski definition) is 5. The number of halogens is 1. The van der Waals surface area contributed by atoms with Crippen molar-refractivity contribution in [2.45, 2.75) is 55.2 Å². The number of aryl methyl sites for hydroxylation is 1. The van der Waals surface area contributed by atoms with Crippen LogP contribution in [-0.2, 0) is 4.74 Å². The van der Waals surface area contributed by atoms with E-state index in [2.05, 4.69) is 39.5 Å². The van der Waals surface area contributed by atoms with E-state index in [0.717, 1.165) is 17.5 Å². The van der Waals surface area contributed by atoms with Crippen LogP contribution in [0.3, 0.4) is 0 Å². The molecule has 3 heterocycles. The fraction of sp³-hybridized carbons (Fsp3) is 0.600. The number of hydrogen-bond donors (Lipinski definition) is 3. The summed E-state index contributed by atoms with van der Waals surface area (Å²) in [5.41, 5.74) is 0.885. The van der Waals surface area contributed by atoms with E-state index in [1.54, 1.807) is 6.20 Å². The highest BCUT2D eigenvalue weighted by molar-refractivity contribution is 14.1. The molecule has 1 aliphatic heterocycles. The van der Waals surface area contributed by atoms with E-state index in [-0.39, 0.29) is 0 Å². The Hall–Kier alpha value is -0.970. The molecule has 0 spiro atoms. The predicted molar refractivity (Wildman–Crippen MR) is 93.7 cm³/mol. The van der Waals surface area contributed by atoms with Crippen molar-refractivity contribution < 1.29 is 14.9 Å². The maximum Gasteiger partial charge on any atom is 0.351 e. The second-order valence-corrected chi connectivity index (χ2v) is 7.74. The number of alkyl halides is 1. The smallest absolute Gasteiger partial charge is 0.351 e. The predicted octanol–water partition coefficient (Wildman–Crippen LogP) is 1.26. The Labute approximate surface area is 146 Å². The summed E-state index contributed by atoms with van der Waals surface area (Å²) in [5.74, 6) is 0. The van der Waals surface area contributed by atoms with Gasteiger partial charge < -0.3 is 19.9 Å². The van der Waals surface area contributed by atoms with Crippen molar-refractivity contribution in [1.29, 1.82) is 0 Å². The third-order valence-electron chi connectivity index (χ3n) is 4.21. The lowest BCUT2D eigenvalue weighted by Gasteiger charge is -2.17. The lowest BCUT2D eigenvalue weighted by molar-refractivity contribution is -0.0411. The topological polar surface area (TPSA) is 100 Å². The first-order valence-corrected chi connectivity index (χ1v) is 8.89. The van der Waals surface area contributed by atoms with Gasteiger partial charge in [0.1, 0.15) is 17.9 Å². The van der Waals surface area contributed by atoms with Crippen molar-refractivity contribution >= 4 is 33.6 Å². The average Bonchev–Trinajstić information content (AvgIpc) is 2.99. The third kappa shape index (κ3) is 3.17. The van der Waals surface area contributed by atoms with E-state index < -0.39 is 30.2 Å². The van der Waals surface area contributed by atoms with Gasteiger partial charge in [-0.3, -0.25) is 4.57 Å². The third-order valence-corrected chi connectivity index (χ3v) is 5.60. The zero-order valence-electron chi connectivity index (χ0n) is 12.9. The van der Waals surface area contributed by atoms with E-state index in [1.807, 2.05) is 13.0 Å². The van der Waals surface area contributed by atoms with Crippen molar-refractivity contribution in [2.75, 3.05) is 0 Å². The minimum Gasteiger partial charge on any atom is -0.388 e. The first-order chi connectivity index (χ1) is 10.9. The van der Waals surface area contributed by atoms with E-state index in [1.165, 1.54) is 4.57 Å². The molecule has 7 nitrogen and oxygen atoms in total. The van der Waals surface area contributed by atoms with Gasteiger partial charge in [0, 0.05) is 21.2 Å². The highest BCUT2D eigenvalue weighted by Gasteiger charge is 2.44. The van der Waals surface area contributed by atoms with E-state index >= 15 is 0 Å². The second kappa shape index (κ2) is 6.50. The minimum absolute atomic E-state index is 0.336. The van der Waals surface area contributed by atoms with Crippen LogP contribution in [0, 0.1) is 6.92 Å². The van der Waals surface area contributed by atoms with Gasteiger partial charge in [-0.15, -0.1) is 0 Å². The molecule has 8 heteroatoms. The molecule has 2 unspecified atom stereocenters. The number of H-pyrrole nitrogens is 1. The van der Waals surface area contributed by atoms with Gasteiger partial charge in [0.05, 0.1) is 6.10 Å². The quantitative estimate of drug-likeness (QED) is 0.498. The van der Waals surface area contributed by atoms with Crippen LogP contribution in [0.1, 0.15) is 31.7 Å². The maximum atomic E-state index is 12.2. The molecule has 0 radical (unpaired) electrons. The number of fused-ring (bicyclic) bond motifs is 1. The first kappa shape index (κ1) is 16.9. The number of rotatable bonds is 4. The SMILES string of the molecule is CCC(I)C[C@H]1OC(n2cc3cc(C)[nH]c3nc2=O)[C@H](O)[C@@H]1O. The van der Waals surface area contributed by atoms with Gasteiger partial charge in [-0.05, 0) is 25.8 Å². The molecule has 2 aromatic rings. The molecule has 1 saturated heterocycles. The monoisotopic (exact) mass is 433 g/mol. The molecule has 3 N–H and O–H groups in total. The van der Waals surface area contributed by atoms with Gasteiger partial charge in [-0.2, -0.15) is 4.98 Å². The van der Waals surface area contributed by atoms with Gasteiger partial charge in [0.2, 0.25) is 0 Å². The Morgan fingerprint density at radius 2 is 2.22 bits per heavy atom. The fourth-order valence-corrected chi connectivity index (χ4v) is 3.40. The fourth-order valence-electron chi connectivity index (χ4n) is 2.90. The molecule has 0 aliphatic carbocycles. The van der Waals surface area contributed by atoms with Gasteiger partial charge in [0.15, 0.2) is 6.23 Å². The molecular formula is C15H20IN3O4. The molecule has 3 rings (SSSR count). The van der Waals surface area contributed by atoms with Crippen LogP contribution in [0.2, 0.25) is 0 Å². The zero-order chi connectivity index (χ0) is 16.7. The summed E-state index contributed by atoms with van der Waals surface area (Å²) >= 11 is 2.30. The lowest BCUT2D eigenvalue weighted by atomic mass is 10.1. The van der Waals surface area contributed by atoms with Gasteiger partial charge in [-0.1, -0.05) is 29.5 Å². The van der Waals surface area contributed by atoms with Crippen LogP contribution in [-0.4, -0.2) is 47.0 Å². The molecule has 23 heavy (non-hydrogen) atoms. The van der Waals surface area contributed by atoms with Crippen molar-refractivity contribution in [3.63, 3.8) is 0 Å². The number of aromatic nitrogens is 3. The minimum atomic E-state index is -1.16. The number of ether oxygens (including phenoxy) is 1. The van der Waals surface area contributed by atoms with E-state index in [4.69, 9.17) is 4.74 Å². The van der Waals surface area contributed by atoms with Crippen molar-refractivity contribution in [3.05, 3.63) is 28.4 Å². The molecule has 5 atom stereocenters. The normalized spacial score (nSPS) is 29.3. The van der Waals surface area contributed by atoms with Crippen molar-refractivity contribution in [2.24, 2.45) is 0 Å². The zero-order valence-corrected chi connectivity index (χ0v) is 15.1. The molecule has 0 aromatic carbocycles. The Bertz CT molecular complexity index is 759. The van der Waals surface area contributed by atoms with Gasteiger partial charge in [0.25, 0.3) is 0 Å². The average molecular weight is 433 g/mol. The van der Waals surface area contributed by atoms with Gasteiger partial charge in [-0.25, -0.2) is 4.79 Å². The van der Waals surface area contributed by atoms with Crippen LogP contribution >= 0.6 is 22.6 Å². The molecule has 0 amide bonds. The van der Waals surface area contributed by atoms with Crippen LogP contribution < -0.4 is 5.69 Å². The summed E-state index contributed by atoms with van der Waals surface area (Å²) in [6.45, 7) is 3.94. The standard InChI is InChI=1S/C15H20IN3O4/c1-3-9(16)5-10-11(20)12(21)14(23-10)19-6-8-4-7(2)17-13(8)18-15(19)22/h4,6,9-12,14,20-21H,3,5H2,1-2H3,(H,17,18,22)/t9?,10-,11-,12-,14?/m1/s1. The molecule has 2 aromatic heterocycles. The molecular weight excluding hydrogens is 413 g/mol. The summed E-state index contributed by atoms with van der Waals surface area (Å²) in [6, 6.07) is 1.87. The van der Waals surface area contributed by atoms with Gasteiger partial charge >= 0.3 is 5.69 Å². The van der Waals surface area contributed by atoms with E-state index in [9.17, 15) is 15.0 Å². The second-order valence-electron chi connectivity index (χ2n) is 5.97. The maximum absolute atomic E-state index is 12.2. The van der Waals surface area contributed by atoms with Crippen molar-refractivity contribution in [1.82, 2.24) is 14.5 Å². The summed E-state index contributed by atoms with van der Waals surface area (Å²) in [4.78, 5) is 19.2. The van der Waals surface area contributed by atoms with Crippen LogP contribution in [0.15, 0.2) is 17.1 Å². The molecule has 0 bridgehead atoms. The molecule has 1 fully saturated rings. The van der Waals surface area contributed by atoms with Crippen molar-refractivity contribution in [3.8, 4) is 0 Å². The van der Waals surface area contributed by atoms with Crippen LogP contribution in [0.25, 0.3) is 11.0 Å². The van der Waals surface area contributed by atoms with Crippen LogP contribution in [0.5, 0.6) is 0 Å². The first-order valence-electron chi connectivity index (χ1n) is 7.65. The molecule has 1 aliphatic rings. The highest BCUT2D eigenvalue weighted by atomic mass is 127. The Kier molecular flexibility index (Phi) is 4.77. The summed E-state index contributed by atoms with van der Waals surface area (Å²) in [6.07, 6.45) is -0.401. The lowest BCUT2D eigenvalue weighted by Crippen LogP contribution is -2.35. The summed E-state index contributed by atoms with van der Waals surface area (Å²) in [5, 5.41) is 21.3. The Morgan fingerprint density at radius 3 is 2.91 bits per heavy atom. The highest BCUT2D eigenvalue weighted by Crippen LogP contribution is 2.32. The number of nitrogens with zero attached hydrogens (tertiary/aromatic N) is 2. The summed E-state index contributed by atoms with van der Waals surface area (Å²) in [7, 11) is 0. The molecule has 126 valence electrons. The number of aromatic amines is 1. The number of aliphatic hydroxyl groups excluding tert-OH is 2. The van der Waals surface area contributed by atoms with Crippen LogP contribution in [0.4, 0.5) is 0 Å². The largest absolute Gasteiger partial charge is 0.388 e. The number of aliphatic hydroxyl groups is 2. The molecule has 0 saturated carbocycles. The number of nitrogens with one attached hydrogen (secondary N) is 1.